The van der Waals surface area contributed by atoms with Crippen LogP contribution in [0.2, 0.25) is 0 Å². The van der Waals surface area contributed by atoms with E-state index in [1.54, 1.807) is 24.3 Å². The maximum atomic E-state index is 12.3. The molecule has 1 aromatic heterocycles. The summed E-state index contributed by atoms with van der Waals surface area (Å²) in [5.74, 6) is 1.33. The summed E-state index contributed by atoms with van der Waals surface area (Å²) < 4.78 is 11.2. The molecule has 4 rings (SSSR count). The number of thioether (sulfide) groups is 1. The van der Waals surface area contributed by atoms with Gasteiger partial charge < -0.3 is 9.15 Å². The van der Waals surface area contributed by atoms with E-state index >= 15 is 0 Å². The van der Waals surface area contributed by atoms with Crippen molar-refractivity contribution >= 4 is 23.6 Å². The van der Waals surface area contributed by atoms with Crippen LogP contribution in [0, 0.1) is 6.92 Å². The second kappa shape index (κ2) is 8.48. The number of nitrogens with zero attached hydrogens (tertiary/aromatic N) is 3. The lowest BCUT2D eigenvalue weighted by molar-refractivity contribution is 0.0655. The van der Waals surface area contributed by atoms with E-state index in [2.05, 4.69) is 10.2 Å². The molecular formula is C21H19N3O4S. The molecule has 1 aliphatic rings. The van der Waals surface area contributed by atoms with Gasteiger partial charge in [-0.25, -0.2) is 0 Å². The standard InChI is InChI=1S/C21H19N3O4S/c1-14-6-4-7-15(12-14)27-13-18-22-23-21(28-18)29-11-5-10-24-19(25)16-8-2-3-9-17(16)20(24)26/h2-4,6-9,12H,5,10-11,13H2,1H3. The fourth-order valence-electron chi connectivity index (χ4n) is 3.03. The van der Waals surface area contributed by atoms with Crippen molar-refractivity contribution in [3.8, 4) is 5.75 Å². The fraction of sp³-hybridized carbons (Fsp3) is 0.238. The Bertz CT molecular complexity index is 1010. The van der Waals surface area contributed by atoms with E-state index in [-0.39, 0.29) is 18.4 Å². The molecule has 148 valence electrons. The van der Waals surface area contributed by atoms with E-state index in [1.807, 2.05) is 31.2 Å². The Kier molecular flexibility index (Phi) is 5.62. The van der Waals surface area contributed by atoms with Crippen LogP contribution in [0.3, 0.4) is 0 Å². The molecule has 0 N–H and O–H groups in total. The summed E-state index contributed by atoms with van der Waals surface area (Å²) in [6.45, 7) is 2.55. The zero-order valence-electron chi connectivity index (χ0n) is 15.8. The minimum absolute atomic E-state index is 0.200. The number of aromatic nitrogens is 2. The summed E-state index contributed by atoms with van der Waals surface area (Å²) in [6.07, 6.45) is 0.633. The molecule has 0 saturated heterocycles. The summed E-state index contributed by atoms with van der Waals surface area (Å²) in [6, 6.07) is 14.6. The summed E-state index contributed by atoms with van der Waals surface area (Å²) in [5.41, 5.74) is 2.06. The highest BCUT2D eigenvalue weighted by atomic mass is 32.2. The van der Waals surface area contributed by atoms with Crippen LogP contribution in [0.25, 0.3) is 0 Å². The van der Waals surface area contributed by atoms with Crippen LogP contribution in [0.5, 0.6) is 5.75 Å². The van der Waals surface area contributed by atoms with Gasteiger partial charge in [-0.2, -0.15) is 0 Å². The molecular weight excluding hydrogens is 390 g/mol. The highest BCUT2D eigenvalue weighted by molar-refractivity contribution is 7.99. The van der Waals surface area contributed by atoms with Crippen molar-refractivity contribution in [3.05, 3.63) is 71.1 Å². The molecule has 0 spiro atoms. The third-order valence-corrected chi connectivity index (χ3v) is 5.33. The van der Waals surface area contributed by atoms with Crippen molar-refractivity contribution < 1.29 is 18.7 Å². The molecule has 0 unspecified atom stereocenters. The molecule has 0 aliphatic carbocycles. The van der Waals surface area contributed by atoms with Crippen LogP contribution in [-0.4, -0.2) is 39.2 Å². The Morgan fingerprint density at radius 3 is 2.52 bits per heavy atom. The zero-order chi connectivity index (χ0) is 20.2. The summed E-state index contributed by atoms with van der Waals surface area (Å²) in [5, 5.41) is 8.42. The second-order valence-corrected chi connectivity index (χ2v) is 7.62. The van der Waals surface area contributed by atoms with Crippen molar-refractivity contribution in [2.24, 2.45) is 0 Å². The summed E-state index contributed by atoms with van der Waals surface area (Å²) in [4.78, 5) is 25.9. The molecule has 0 bridgehead atoms. The minimum atomic E-state index is -0.232. The average molecular weight is 409 g/mol. The first-order chi connectivity index (χ1) is 14.1. The van der Waals surface area contributed by atoms with Gasteiger partial charge in [0.25, 0.3) is 22.9 Å². The largest absolute Gasteiger partial charge is 0.484 e. The van der Waals surface area contributed by atoms with Crippen molar-refractivity contribution in [2.45, 2.75) is 25.2 Å². The van der Waals surface area contributed by atoms with E-state index in [9.17, 15) is 9.59 Å². The number of aryl methyl sites for hydroxylation is 1. The Morgan fingerprint density at radius 1 is 1.03 bits per heavy atom. The molecule has 0 saturated carbocycles. The molecule has 0 radical (unpaired) electrons. The van der Waals surface area contributed by atoms with E-state index in [0.717, 1.165) is 11.3 Å². The van der Waals surface area contributed by atoms with Gasteiger partial charge in [0.1, 0.15) is 5.75 Å². The number of imide groups is 1. The van der Waals surface area contributed by atoms with Crippen molar-refractivity contribution in [2.75, 3.05) is 12.3 Å². The smallest absolute Gasteiger partial charge is 0.276 e. The predicted octanol–water partition coefficient (Wildman–Crippen LogP) is 3.74. The number of fused-ring (bicyclic) bond motifs is 1. The van der Waals surface area contributed by atoms with E-state index in [0.29, 0.717) is 41.0 Å². The van der Waals surface area contributed by atoms with Crippen LogP contribution in [0.15, 0.2) is 58.2 Å². The molecule has 0 atom stereocenters. The number of ether oxygens (including phenoxy) is 1. The minimum Gasteiger partial charge on any atom is -0.484 e. The van der Waals surface area contributed by atoms with Crippen molar-refractivity contribution in [1.29, 1.82) is 0 Å². The third kappa shape index (κ3) is 4.32. The number of benzene rings is 2. The number of amides is 2. The Morgan fingerprint density at radius 2 is 1.79 bits per heavy atom. The summed E-state index contributed by atoms with van der Waals surface area (Å²) >= 11 is 1.39. The first-order valence-corrected chi connectivity index (χ1v) is 10.2. The van der Waals surface area contributed by atoms with Crippen LogP contribution >= 0.6 is 11.8 Å². The molecule has 2 heterocycles. The lowest BCUT2D eigenvalue weighted by Crippen LogP contribution is -2.30. The Hall–Kier alpha value is -3.13. The van der Waals surface area contributed by atoms with Gasteiger partial charge in [0, 0.05) is 12.3 Å². The van der Waals surface area contributed by atoms with Gasteiger partial charge in [0.05, 0.1) is 11.1 Å². The van der Waals surface area contributed by atoms with E-state index < -0.39 is 0 Å². The maximum absolute atomic E-state index is 12.3. The van der Waals surface area contributed by atoms with E-state index in [4.69, 9.17) is 9.15 Å². The molecule has 1 aliphatic heterocycles. The lowest BCUT2D eigenvalue weighted by Gasteiger charge is -2.12. The lowest BCUT2D eigenvalue weighted by atomic mass is 10.1. The van der Waals surface area contributed by atoms with Crippen molar-refractivity contribution in [3.63, 3.8) is 0 Å². The highest BCUT2D eigenvalue weighted by Crippen LogP contribution is 2.24. The number of hydrogen-bond acceptors (Lipinski definition) is 7. The third-order valence-electron chi connectivity index (χ3n) is 4.43. The molecule has 7 nitrogen and oxygen atoms in total. The SMILES string of the molecule is Cc1cccc(OCc2nnc(SCCCN3C(=O)c4ccccc4C3=O)o2)c1. The number of hydrogen-bond donors (Lipinski definition) is 0. The van der Waals surface area contributed by atoms with Gasteiger partial charge in [-0.05, 0) is 43.2 Å². The number of carbonyl (C=O) groups is 2. The molecule has 2 aromatic carbocycles. The number of rotatable bonds is 8. The van der Waals surface area contributed by atoms with Crippen LogP contribution < -0.4 is 4.74 Å². The highest BCUT2D eigenvalue weighted by Gasteiger charge is 2.34. The molecule has 8 heteroatoms. The first kappa shape index (κ1) is 19.2. The predicted molar refractivity (Wildman–Crippen MR) is 107 cm³/mol. The molecule has 0 fully saturated rings. The van der Waals surface area contributed by atoms with Gasteiger partial charge >= 0.3 is 0 Å². The van der Waals surface area contributed by atoms with Gasteiger partial charge in [-0.1, -0.05) is 36.0 Å². The monoisotopic (exact) mass is 409 g/mol. The maximum Gasteiger partial charge on any atom is 0.276 e. The normalized spacial score (nSPS) is 13.1. The average Bonchev–Trinajstić information content (AvgIpc) is 3.28. The Balaban J connectivity index is 1.23. The van der Waals surface area contributed by atoms with Gasteiger partial charge in [-0.15, -0.1) is 10.2 Å². The van der Waals surface area contributed by atoms with Gasteiger partial charge in [0.15, 0.2) is 6.61 Å². The molecule has 2 amide bonds. The first-order valence-electron chi connectivity index (χ1n) is 9.22. The number of carbonyl (C=O) groups excluding carboxylic acids is 2. The van der Waals surface area contributed by atoms with Crippen LogP contribution in [0.1, 0.15) is 38.6 Å². The second-order valence-electron chi connectivity index (χ2n) is 6.58. The van der Waals surface area contributed by atoms with Crippen molar-refractivity contribution in [1.82, 2.24) is 15.1 Å². The van der Waals surface area contributed by atoms with Crippen LogP contribution in [-0.2, 0) is 6.61 Å². The quantitative estimate of drug-likeness (QED) is 0.318. The molecule has 29 heavy (non-hydrogen) atoms. The van der Waals surface area contributed by atoms with E-state index in [1.165, 1.54) is 16.7 Å². The molecule has 3 aromatic rings. The van der Waals surface area contributed by atoms with Crippen LogP contribution in [0.4, 0.5) is 0 Å². The topological polar surface area (TPSA) is 85.5 Å². The van der Waals surface area contributed by atoms with Gasteiger partial charge in [0.2, 0.25) is 0 Å². The summed E-state index contributed by atoms with van der Waals surface area (Å²) in [7, 11) is 0. The zero-order valence-corrected chi connectivity index (χ0v) is 16.6. The fourth-order valence-corrected chi connectivity index (χ4v) is 3.73. The Labute approximate surface area is 172 Å². The van der Waals surface area contributed by atoms with Gasteiger partial charge in [-0.3, -0.25) is 14.5 Å².